The van der Waals surface area contributed by atoms with E-state index >= 15 is 0 Å². The van der Waals surface area contributed by atoms with Gasteiger partial charge in [-0.3, -0.25) is 14.2 Å². The maximum Gasteiger partial charge on any atom is 0.339 e. The van der Waals surface area contributed by atoms with Crippen molar-refractivity contribution in [3.8, 4) is 0 Å². The minimum absolute atomic E-state index is 0.0879. The van der Waals surface area contributed by atoms with E-state index in [0.717, 1.165) is 4.57 Å². The molecule has 7 nitrogen and oxygen atoms in total. The average Bonchev–Trinajstić information content (AvgIpc) is 2.87. The molecule has 0 amide bonds. The highest BCUT2D eigenvalue weighted by Gasteiger charge is 2.21. The van der Waals surface area contributed by atoms with Crippen molar-refractivity contribution in [2.24, 2.45) is 14.1 Å². The van der Waals surface area contributed by atoms with Crippen molar-refractivity contribution in [3.63, 3.8) is 0 Å². The van der Waals surface area contributed by atoms with Crippen LogP contribution < -0.4 is 11.2 Å². The van der Waals surface area contributed by atoms with E-state index in [4.69, 9.17) is 11.6 Å². The average molecular weight is 319 g/mol. The summed E-state index contributed by atoms with van der Waals surface area (Å²) in [6, 6.07) is 6.25. The predicted octanol–water partition coefficient (Wildman–Crippen LogP) is 0.776. The molecular formula is C14H11ClN4O3. The Labute approximate surface area is 129 Å². The van der Waals surface area contributed by atoms with Crippen LogP contribution in [-0.2, 0) is 14.1 Å². The second-order valence-electron chi connectivity index (χ2n) is 4.79. The molecule has 112 valence electrons. The fourth-order valence-electron chi connectivity index (χ4n) is 2.28. The molecule has 22 heavy (non-hydrogen) atoms. The molecule has 1 aromatic carbocycles. The van der Waals surface area contributed by atoms with Crippen LogP contribution in [0, 0.1) is 0 Å². The normalized spacial score (nSPS) is 11.0. The number of imidazole rings is 1. The van der Waals surface area contributed by atoms with Crippen LogP contribution in [0.4, 0.5) is 0 Å². The van der Waals surface area contributed by atoms with Gasteiger partial charge >= 0.3 is 5.69 Å². The van der Waals surface area contributed by atoms with Gasteiger partial charge in [0.05, 0.1) is 16.9 Å². The van der Waals surface area contributed by atoms with E-state index in [9.17, 15) is 14.4 Å². The van der Waals surface area contributed by atoms with E-state index in [1.54, 1.807) is 19.2 Å². The lowest BCUT2D eigenvalue weighted by Crippen LogP contribution is -2.43. The van der Waals surface area contributed by atoms with E-state index in [1.807, 2.05) is 0 Å². The SMILES string of the molecule is Cn1cnc2c1c(=O)n(C(=O)c1ccccc1Cl)c(=O)n2C. The molecule has 0 radical (unpaired) electrons. The first-order valence-electron chi connectivity index (χ1n) is 6.35. The van der Waals surface area contributed by atoms with Gasteiger partial charge in [0, 0.05) is 14.1 Å². The Morgan fingerprint density at radius 1 is 1.18 bits per heavy atom. The van der Waals surface area contributed by atoms with Crippen LogP contribution in [0.2, 0.25) is 5.02 Å². The molecule has 0 unspecified atom stereocenters. The zero-order chi connectivity index (χ0) is 16.0. The van der Waals surface area contributed by atoms with E-state index in [0.29, 0.717) is 4.57 Å². The standard InChI is InChI=1S/C14H11ClN4O3/c1-17-7-16-11-10(17)13(21)19(14(22)18(11)2)12(20)8-5-3-4-6-9(8)15/h3-7H,1-2H3. The third-order valence-corrected chi connectivity index (χ3v) is 3.76. The predicted molar refractivity (Wildman–Crippen MR) is 81.4 cm³/mol. The maximum absolute atomic E-state index is 12.6. The van der Waals surface area contributed by atoms with Gasteiger partial charge in [-0.15, -0.1) is 0 Å². The van der Waals surface area contributed by atoms with Crippen molar-refractivity contribution in [3.05, 3.63) is 62.0 Å². The van der Waals surface area contributed by atoms with Gasteiger partial charge in [-0.05, 0) is 12.1 Å². The summed E-state index contributed by atoms with van der Waals surface area (Å²) in [5.74, 6) is -0.765. The minimum Gasteiger partial charge on any atom is -0.328 e. The van der Waals surface area contributed by atoms with Crippen LogP contribution in [0.15, 0.2) is 40.2 Å². The van der Waals surface area contributed by atoms with Crippen molar-refractivity contribution in [1.29, 1.82) is 0 Å². The van der Waals surface area contributed by atoms with Gasteiger partial charge in [-0.25, -0.2) is 9.78 Å². The molecule has 0 aliphatic carbocycles. The molecule has 0 aliphatic heterocycles. The van der Waals surface area contributed by atoms with E-state index in [1.165, 1.54) is 30.1 Å². The number of halogens is 1. The Morgan fingerprint density at radius 3 is 2.55 bits per heavy atom. The molecule has 0 aliphatic rings. The third-order valence-electron chi connectivity index (χ3n) is 3.43. The van der Waals surface area contributed by atoms with Crippen molar-refractivity contribution in [2.45, 2.75) is 0 Å². The Balaban J connectivity index is 2.40. The van der Waals surface area contributed by atoms with Crippen LogP contribution in [0.25, 0.3) is 11.2 Å². The quantitative estimate of drug-likeness (QED) is 0.664. The summed E-state index contributed by atoms with van der Waals surface area (Å²) in [6.45, 7) is 0. The van der Waals surface area contributed by atoms with Crippen molar-refractivity contribution in [1.82, 2.24) is 18.7 Å². The number of hydrogen-bond donors (Lipinski definition) is 0. The first-order valence-corrected chi connectivity index (χ1v) is 6.73. The van der Waals surface area contributed by atoms with Gasteiger partial charge in [-0.2, -0.15) is 4.57 Å². The smallest absolute Gasteiger partial charge is 0.328 e. The second kappa shape index (κ2) is 4.96. The molecule has 0 fully saturated rings. The second-order valence-corrected chi connectivity index (χ2v) is 5.20. The maximum atomic E-state index is 12.6. The van der Waals surface area contributed by atoms with Gasteiger partial charge in [0.25, 0.3) is 11.5 Å². The summed E-state index contributed by atoms with van der Waals surface area (Å²) in [5.41, 5.74) is -1.00. The number of nitrogens with zero attached hydrogens (tertiary/aromatic N) is 4. The monoisotopic (exact) mass is 318 g/mol. The molecule has 0 saturated carbocycles. The summed E-state index contributed by atoms with van der Waals surface area (Å²) in [5, 5.41) is 0.173. The van der Waals surface area contributed by atoms with Crippen LogP contribution >= 0.6 is 11.6 Å². The molecule has 0 N–H and O–H groups in total. The topological polar surface area (TPSA) is 78.9 Å². The zero-order valence-corrected chi connectivity index (χ0v) is 12.5. The first kappa shape index (κ1) is 14.3. The summed E-state index contributed by atoms with van der Waals surface area (Å²) < 4.78 is 3.20. The van der Waals surface area contributed by atoms with Crippen LogP contribution in [0.1, 0.15) is 10.4 Å². The largest absolute Gasteiger partial charge is 0.339 e. The van der Waals surface area contributed by atoms with Crippen molar-refractivity contribution >= 4 is 28.7 Å². The third kappa shape index (κ3) is 1.90. The molecule has 2 aromatic heterocycles. The van der Waals surface area contributed by atoms with Crippen LogP contribution in [-0.4, -0.2) is 24.6 Å². The number of benzene rings is 1. The summed E-state index contributed by atoms with van der Waals surface area (Å²) in [4.78, 5) is 41.5. The van der Waals surface area contributed by atoms with Crippen molar-refractivity contribution in [2.75, 3.05) is 0 Å². The first-order chi connectivity index (χ1) is 10.4. The molecule has 0 saturated heterocycles. The fraction of sp³-hybridized carbons (Fsp3) is 0.143. The summed E-state index contributed by atoms with van der Waals surface area (Å²) >= 11 is 5.98. The van der Waals surface area contributed by atoms with E-state index < -0.39 is 17.2 Å². The van der Waals surface area contributed by atoms with Gasteiger partial charge in [0.2, 0.25) is 0 Å². The molecule has 0 bridgehead atoms. The Morgan fingerprint density at radius 2 is 1.86 bits per heavy atom. The van der Waals surface area contributed by atoms with Gasteiger partial charge in [-0.1, -0.05) is 23.7 Å². The number of carbonyl (C=O) groups is 1. The molecule has 2 heterocycles. The highest BCUT2D eigenvalue weighted by Crippen LogP contribution is 2.15. The zero-order valence-electron chi connectivity index (χ0n) is 11.8. The van der Waals surface area contributed by atoms with Crippen LogP contribution in [0.3, 0.4) is 0 Å². The number of aryl methyl sites for hydroxylation is 2. The Bertz CT molecular complexity index is 1030. The lowest BCUT2D eigenvalue weighted by Gasteiger charge is -2.08. The molecule has 0 spiro atoms. The summed E-state index contributed by atoms with van der Waals surface area (Å²) in [6.07, 6.45) is 1.41. The highest BCUT2D eigenvalue weighted by molar-refractivity contribution is 6.33. The molecule has 0 atom stereocenters. The number of carbonyl (C=O) groups excluding carboxylic acids is 1. The van der Waals surface area contributed by atoms with Crippen LogP contribution in [0.5, 0.6) is 0 Å². The number of aromatic nitrogens is 4. The summed E-state index contributed by atoms with van der Waals surface area (Å²) in [7, 11) is 3.07. The molecule has 3 aromatic rings. The number of fused-ring (bicyclic) bond motifs is 1. The number of hydrogen-bond acceptors (Lipinski definition) is 4. The Hall–Kier alpha value is -2.67. The van der Waals surface area contributed by atoms with Crippen molar-refractivity contribution < 1.29 is 4.79 Å². The number of rotatable bonds is 1. The molecule has 8 heteroatoms. The lowest BCUT2D eigenvalue weighted by molar-refractivity contribution is 0.0950. The Kier molecular flexibility index (Phi) is 3.22. The lowest BCUT2D eigenvalue weighted by atomic mass is 10.2. The molecular weight excluding hydrogens is 308 g/mol. The highest BCUT2D eigenvalue weighted by atomic mass is 35.5. The molecule has 3 rings (SSSR count). The minimum atomic E-state index is -0.765. The fourth-order valence-corrected chi connectivity index (χ4v) is 2.49. The van der Waals surface area contributed by atoms with Gasteiger partial charge < -0.3 is 4.57 Å². The van der Waals surface area contributed by atoms with Gasteiger partial charge in [0.1, 0.15) is 0 Å². The van der Waals surface area contributed by atoms with E-state index in [2.05, 4.69) is 4.98 Å². The van der Waals surface area contributed by atoms with E-state index in [-0.39, 0.29) is 21.7 Å². The van der Waals surface area contributed by atoms with Gasteiger partial charge in [0.15, 0.2) is 11.2 Å².